The summed E-state index contributed by atoms with van der Waals surface area (Å²) in [5.74, 6) is -0.595. The van der Waals surface area contributed by atoms with E-state index in [0.29, 0.717) is 11.5 Å². The van der Waals surface area contributed by atoms with E-state index in [0.717, 1.165) is 0 Å². The van der Waals surface area contributed by atoms with Gasteiger partial charge in [-0.1, -0.05) is 0 Å². The number of hydroxylamine groups is 2. The minimum Gasteiger partial charge on any atom is -0.395 e. The number of rotatable bonds is 2. The van der Waals surface area contributed by atoms with Gasteiger partial charge >= 0.3 is 0 Å². The second-order valence-electron chi connectivity index (χ2n) is 2.77. The quantitative estimate of drug-likeness (QED) is 0.434. The molecule has 5 nitrogen and oxygen atoms in total. The summed E-state index contributed by atoms with van der Waals surface area (Å²) in [6.45, 7) is -0.654. The normalized spacial score (nSPS) is 22.8. The molecule has 1 saturated heterocycles. The molecule has 0 radical (unpaired) electrons. The summed E-state index contributed by atoms with van der Waals surface area (Å²) in [5, 5.41) is 27.0. The summed E-state index contributed by atoms with van der Waals surface area (Å²) in [7, 11) is 0. The van der Waals surface area contributed by atoms with Crippen molar-refractivity contribution in [2.45, 2.75) is 6.42 Å². The monoisotopic (exact) mass is 161 g/mol. The summed E-state index contributed by atoms with van der Waals surface area (Å²) in [5.41, 5.74) is -1.14. The van der Waals surface area contributed by atoms with Crippen LogP contribution in [0.2, 0.25) is 0 Å². The van der Waals surface area contributed by atoms with Gasteiger partial charge in [-0.05, 0) is 6.42 Å². The van der Waals surface area contributed by atoms with Crippen molar-refractivity contribution in [3.05, 3.63) is 0 Å². The number of carbonyl (C=O) groups excluding carboxylic acids is 1. The molecule has 1 heterocycles. The van der Waals surface area contributed by atoms with Crippen LogP contribution < -0.4 is 0 Å². The predicted molar refractivity (Wildman–Crippen MR) is 34.7 cm³/mol. The highest BCUT2D eigenvalue weighted by molar-refractivity contribution is 5.84. The molecule has 0 bridgehead atoms. The lowest BCUT2D eigenvalue weighted by Crippen LogP contribution is -2.38. The third kappa shape index (κ3) is 1.11. The van der Waals surface area contributed by atoms with Crippen molar-refractivity contribution in [2.24, 2.45) is 5.41 Å². The van der Waals surface area contributed by atoms with E-state index >= 15 is 0 Å². The van der Waals surface area contributed by atoms with Crippen LogP contribution in [0.3, 0.4) is 0 Å². The molecule has 1 aliphatic rings. The largest absolute Gasteiger partial charge is 0.395 e. The highest BCUT2D eigenvalue weighted by Crippen LogP contribution is 2.29. The topological polar surface area (TPSA) is 81.0 Å². The van der Waals surface area contributed by atoms with Crippen molar-refractivity contribution in [3.63, 3.8) is 0 Å². The fraction of sp³-hybridized carbons (Fsp3) is 0.833. The molecule has 64 valence electrons. The molecule has 1 rings (SSSR count). The first-order valence-electron chi connectivity index (χ1n) is 3.39. The Balaban J connectivity index is 2.78. The van der Waals surface area contributed by atoms with E-state index < -0.39 is 24.5 Å². The highest BCUT2D eigenvalue weighted by Gasteiger charge is 2.45. The maximum atomic E-state index is 11.0. The summed E-state index contributed by atoms with van der Waals surface area (Å²) in [6, 6.07) is 0. The van der Waals surface area contributed by atoms with Crippen molar-refractivity contribution in [3.8, 4) is 0 Å². The van der Waals surface area contributed by atoms with E-state index in [1.54, 1.807) is 0 Å². The molecule has 1 amide bonds. The molecule has 0 spiro atoms. The molecule has 0 unspecified atom stereocenters. The molecule has 0 aromatic carbocycles. The third-order valence-corrected chi connectivity index (χ3v) is 2.10. The molecule has 0 atom stereocenters. The van der Waals surface area contributed by atoms with E-state index in [1.807, 2.05) is 0 Å². The van der Waals surface area contributed by atoms with Gasteiger partial charge in [0.05, 0.1) is 18.6 Å². The number of aliphatic hydroxyl groups excluding tert-OH is 2. The number of nitrogens with zero attached hydrogens (tertiary/aromatic N) is 1. The first-order chi connectivity index (χ1) is 5.16. The molecule has 5 heteroatoms. The van der Waals surface area contributed by atoms with E-state index in [2.05, 4.69) is 0 Å². The number of hydrogen-bond acceptors (Lipinski definition) is 4. The number of carbonyl (C=O) groups is 1. The minimum atomic E-state index is -1.14. The maximum Gasteiger partial charge on any atom is 0.256 e. The van der Waals surface area contributed by atoms with E-state index in [-0.39, 0.29) is 6.54 Å². The van der Waals surface area contributed by atoms with Crippen LogP contribution in [0.25, 0.3) is 0 Å². The molecule has 3 N–H and O–H groups in total. The van der Waals surface area contributed by atoms with Crippen LogP contribution in [0.5, 0.6) is 0 Å². The van der Waals surface area contributed by atoms with Crippen LogP contribution >= 0.6 is 0 Å². The molecule has 1 fully saturated rings. The van der Waals surface area contributed by atoms with Gasteiger partial charge in [0.2, 0.25) is 0 Å². The average Bonchev–Trinajstić information content (AvgIpc) is 2.32. The predicted octanol–water partition coefficient (Wildman–Crippen LogP) is -1.42. The molecular formula is C6H11NO4. The van der Waals surface area contributed by atoms with E-state index in [1.165, 1.54) is 0 Å². The number of hydrogen-bond donors (Lipinski definition) is 3. The first-order valence-corrected chi connectivity index (χ1v) is 3.39. The molecular weight excluding hydrogens is 150 g/mol. The van der Waals surface area contributed by atoms with Gasteiger partial charge < -0.3 is 10.2 Å². The maximum absolute atomic E-state index is 11.0. The van der Waals surface area contributed by atoms with Gasteiger partial charge in [-0.25, -0.2) is 5.06 Å². The smallest absolute Gasteiger partial charge is 0.256 e. The molecule has 11 heavy (non-hydrogen) atoms. The Kier molecular flexibility index (Phi) is 2.12. The zero-order chi connectivity index (χ0) is 8.48. The zero-order valence-electron chi connectivity index (χ0n) is 6.03. The molecule has 1 aliphatic heterocycles. The van der Waals surface area contributed by atoms with E-state index in [9.17, 15) is 4.79 Å². The van der Waals surface area contributed by atoms with Crippen LogP contribution in [0.1, 0.15) is 6.42 Å². The zero-order valence-corrected chi connectivity index (χ0v) is 6.03. The third-order valence-electron chi connectivity index (χ3n) is 2.10. The number of aliphatic hydroxyl groups is 2. The molecule has 0 aromatic rings. The van der Waals surface area contributed by atoms with Crippen molar-refractivity contribution in [2.75, 3.05) is 19.8 Å². The van der Waals surface area contributed by atoms with Crippen molar-refractivity contribution >= 4 is 5.91 Å². The minimum absolute atomic E-state index is 0.181. The molecule has 0 saturated carbocycles. The summed E-state index contributed by atoms with van der Waals surface area (Å²) < 4.78 is 0. The Morgan fingerprint density at radius 1 is 1.45 bits per heavy atom. The van der Waals surface area contributed by atoms with Crippen LogP contribution in [0.4, 0.5) is 0 Å². The second kappa shape index (κ2) is 2.77. The Hall–Kier alpha value is -0.650. The second-order valence-corrected chi connectivity index (χ2v) is 2.77. The lowest BCUT2D eigenvalue weighted by Gasteiger charge is -2.20. The number of amides is 1. The van der Waals surface area contributed by atoms with Crippen molar-refractivity contribution in [1.82, 2.24) is 5.06 Å². The molecule has 0 aromatic heterocycles. The summed E-state index contributed by atoms with van der Waals surface area (Å²) in [6.07, 6.45) is 0.301. The van der Waals surface area contributed by atoms with Crippen LogP contribution in [-0.4, -0.2) is 46.1 Å². The Morgan fingerprint density at radius 2 is 2.00 bits per heavy atom. The molecule has 0 aliphatic carbocycles. The average molecular weight is 161 g/mol. The Bertz CT molecular complexity index is 166. The van der Waals surface area contributed by atoms with Gasteiger partial charge in [0.15, 0.2) is 0 Å². The highest BCUT2D eigenvalue weighted by atomic mass is 16.5. The SMILES string of the molecule is O=C1N(O)CCC1(CO)CO. The summed E-state index contributed by atoms with van der Waals surface area (Å²) >= 11 is 0. The van der Waals surface area contributed by atoms with Gasteiger partial charge in [0.25, 0.3) is 5.91 Å². The lowest BCUT2D eigenvalue weighted by atomic mass is 9.89. The Labute approximate surface area is 63.8 Å². The fourth-order valence-corrected chi connectivity index (χ4v) is 1.15. The fourth-order valence-electron chi connectivity index (χ4n) is 1.15. The lowest BCUT2D eigenvalue weighted by molar-refractivity contribution is -0.167. The van der Waals surface area contributed by atoms with Crippen molar-refractivity contribution < 1.29 is 20.2 Å². The van der Waals surface area contributed by atoms with Crippen molar-refractivity contribution in [1.29, 1.82) is 0 Å². The van der Waals surface area contributed by atoms with Gasteiger partial charge in [-0.3, -0.25) is 10.0 Å². The van der Waals surface area contributed by atoms with Gasteiger partial charge in [0.1, 0.15) is 0 Å². The first kappa shape index (κ1) is 8.45. The van der Waals surface area contributed by atoms with Crippen LogP contribution in [0, 0.1) is 5.41 Å². The van der Waals surface area contributed by atoms with Gasteiger partial charge in [-0.15, -0.1) is 0 Å². The standard InChI is InChI=1S/C6H11NO4/c8-3-6(4-9)1-2-7(11)5(6)10/h8-9,11H,1-4H2. The Morgan fingerprint density at radius 3 is 2.18 bits per heavy atom. The van der Waals surface area contributed by atoms with E-state index in [4.69, 9.17) is 15.4 Å². The summed E-state index contributed by atoms with van der Waals surface area (Å²) in [4.78, 5) is 11.0. The van der Waals surface area contributed by atoms with Gasteiger partial charge in [0, 0.05) is 6.54 Å². The van der Waals surface area contributed by atoms with Crippen LogP contribution in [0.15, 0.2) is 0 Å². The van der Waals surface area contributed by atoms with Gasteiger partial charge in [-0.2, -0.15) is 0 Å². The van der Waals surface area contributed by atoms with Crippen LogP contribution in [-0.2, 0) is 4.79 Å².